The summed E-state index contributed by atoms with van der Waals surface area (Å²) in [7, 11) is 0. The fraction of sp³-hybridized carbons (Fsp3) is 0.333. The van der Waals surface area contributed by atoms with E-state index in [0.29, 0.717) is 43.0 Å². The normalized spacial score (nSPS) is 13.9. The second-order valence-electron chi connectivity index (χ2n) is 7.60. The minimum Gasteiger partial charge on any atom is -0.493 e. The summed E-state index contributed by atoms with van der Waals surface area (Å²) in [6.07, 6.45) is 0.150. The molecular formula is C24H26N2O5. The van der Waals surface area contributed by atoms with Gasteiger partial charge in [0.25, 0.3) is 5.91 Å². The number of amides is 2. The van der Waals surface area contributed by atoms with E-state index in [9.17, 15) is 9.59 Å². The Balaban J connectivity index is 1.46. The highest BCUT2D eigenvalue weighted by molar-refractivity contribution is 6.10. The maximum atomic E-state index is 13.0. The fourth-order valence-electron chi connectivity index (χ4n) is 3.50. The highest BCUT2D eigenvalue weighted by atomic mass is 16.5. The van der Waals surface area contributed by atoms with Crippen molar-refractivity contribution in [3.63, 3.8) is 0 Å². The number of anilines is 1. The molecule has 1 aromatic heterocycles. The Hall–Kier alpha value is -3.32. The van der Waals surface area contributed by atoms with Crippen LogP contribution in [0.25, 0.3) is 11.0 Å². The smallest absolute Gasteiger partial charge is 0.291 e. The molecule has 0 bridgehead atoms. The van der Waals surface area contributed by atoms with Crippen LogP contribution in [0.15, 0.2) is 46.9 Å². The number of aryl methyl sites for hydroxylation is 2. The molecule has 1 N–H and O–H groups in total. The average molecular weight is 422 g/mol. The first-order chi connectivity index (χ1) is 15.0. The Bertz CT molecular complexity index is 1100. The van der Waals surface area contributed by atoms with E-state index in [-0.39, 0.29) is 30.6 Å². The van der Waals surface area contributed by atoms with Crippen molar-refractivity contribution in [2.45, 2.75) is 20.3 Å². The second kappa shape index (κ2) is 9.22. The Kier molecular flexibility index (Phi) is 6.23. The number of para-hydroxylation sites is 1. The summed E-state index contributed by atoms with van der Waals surface area (Å²) in [6.45, 7) is 6.26. The fourth-order valence-corrected chi connectivity index (χ4v) is 3.50. The number of hydrogen-bond acceptors (Lipinski definition) is 5. The van der Waals surface area contributed by atoms with Crippen molar-refractivity contribution in [1.29, 1.82) is 0 Å². The first-order valence-corrected chi connectivity index (χ1v) is 10.4. The number of fused-ring (bicyclic) bond motifs is 1. The zero-order chi connectivity index (χ0) is 21.8. The third-order valence-corrected chi connectivity index (χ3v) is 5.43. The van der Waals surface area contributed by atoms with Crippen LogP contribution in [0.5, 0.6) is 5.75 Å². The van der Waals surface area contributed by atoms with E-state index >= 15 is 0 Å². The molecule has 0 saturated carbocycles. The average Bonchev–Trinajstić information content (AvgIpc) is 3.14. The van der Waals surface area contributed by atoms with Crippen molar-refractivity contribution < 1.29 is 23.5 Å². The molecule has 3 aromatic rings. The number of benzene rings is 2. The summed E-state index contributed by atoms with van der Waals surface area (Å²) >= 11 is 0. The molecule has 1 aliphatic rings. The van der Waals surface area contributed by atoms with Crippen LogP contribution in [-0.4, -0.2) is 49.6 Å². The Morgan fingerprint density at radius 3 is 2.61 bits per heavy atom. The van der Waals surface area contributed by atoms with Crippen LogP contribution in [-0.2, 0) is 9.53 Å². The maximum absolute atomic E-state index is 13.0. The summed E-state index contributed by atoms with van der Waals surface area (Å²) in [5, 5.41) is 3.57. The van der Waals surface area contributed by atoms with Crippen molar-refractivity contribution >= 4 is 28.5 Å². The van der Waals surface area contributed by atoms with Gasteiger partial charge in [0.2, 0.25) is 11.7 Å². The van der Waals surface area contributed by atoms with Gasteiger partial charge in [0.05, 0.1) is 26.2 Å². The summed E-state index contributed by atoms with van der Waals surface area (Å²) in [4.78, 5) is 27.3. The van der Waals surface area contributed by atoms with Gasteiger partial charge in [-0.1, -0.05) is 18.2 Å². The molecule has 31 heavy (non-hydrogen) atoms. The van der Waals surface area contributed by atoms with Gasteiger partial charge in [-0.3, -0.25) is 9.59 Å². The second-order valence-corrected chi connectivity index (χ2v) is 7.60. The van der Waals surface area contributed by atoms with Gasteiger partial charge < -0.3 is 24.1 Å². The van der Waals surface area contributed by atoms with Crippen LogP contribution in [0.3, 0.4) is 0 Å². The molecule has 7 nitrogen and oxygen atoms in total. The van der Waals surface area contributed by atoms with Crippen molar-refractivity contribution in [2.24, 2.45) is 0 Å². The van der Waals surface area contributed by atoms with Crippen LogP contribution in [0.1, 0.15) is 28.1 Å². The predicted molar refractivity (Wildman–Crippen MR) is 118 cm³/mol. The number of rotatable bonds is 6. The minimum atomic E-state index is -0.249. The lowest BCUT2D eigenvalue weighted by Gasteiger charge is -2.26. The van der Waals surface area contributed by atoms with Gasteiger partial charge in [0.15, 0.2) is 0 Å². The first-order valence-electron chi connectivity index (χ1n) is 10.4. The van der Waals surface area contributed by atoms with Crippen LogP contribution in [0, 0.1) is 13.8 Å². The standard InChI is InChI=1S/C24H26N2O5/c1-16-7-8-18(15-17(16)2)30-12-9-21(27)25-22-19-5-3-4-6-20(19)31-23(22)24(28)26-10-13-29-14-11-26/h3-8,15H,9-14H2,1-2H3,(H,25,27). The summed E-state index contributed by atoms with van der Waals surface area (Å²) in [6, 6.07) is 13.1. The zero-order valence-electron chi connectivity index (χ0n) is 17.8. The molecule has 0 spiro atoms. The molecule has 4 rings (SSSR count). The van der Waals surface area contributed by atoms with Crippen LogP contribution in [0.2, 0.25) is 0 Å². The summed E-state index contributed by atoms with van der Waals surface area (Å²) < 4.78 is 16.9. The van der Waals surface area contributed by atoms with Crippen molar-refractivity contribution in [3.8, 4) is 5.75 Å². The monoisotopic (exact) mass is 422 g/mol. The molecule has 1 aliphatic heterocycles. The molecule has 0 unspecified atom stereocenters. The minimum absolute atomic E-state index is 0.145. The number of morpholine rings is 1. The lowest BCUT2D eigenvalue weighted by atomic mass is 10.1. The number of nitrogens with zero attached hydrogens (tertiary/aromatic N) is 1. The Morgan fingerprint density at radius 2 is 1.84 bits per heavy atom. The highest BCUT2D eigenvalue weighted by Gasteiger charge is 2.27. The van der Waals surface area contributed by atoms with Gasteiger partial charge in [-0.2, -0.15) is 0 Å². The van der Waals surface area contributed by atoms with E-state index in [1.54, 1.807) is 11.0 Å². The number of carbonyl (C=O) groups is 2. The number of furan rings is 1. The molecule has 2 heterocycles. The number of ether oxygens (including phenoxy) is 2. The van der Waals surface area contributed by atoms with Gasteiger partial charge in [0, 0.05) is 18.5 Å². The summed E-state index contributed by atoms with van der Waals surface area (Å²) in [5.74, 6) is 0.381. The quantitative estimate of drug-likeness (QED) is 0.651. The van der Waals surface area contributed by atoms with Gasteiger partial charge >= 0.3 is 0 Å². The van der Waals surface area contributed by atoms with Gasteiger partial charge in [-0.25, -0.2) is 0 Å². The van der Waals surface area contributed by atoms with E-state index in [0.717, 1.165) is 11.3 Å². The van der Waals surface area contributed by atoms with Crippen LogP contribution in [0.4, 0.5) is 5.69 Å². The zero-order valence-corrected chi connectivity index (χ0v) is 17.8. The molecule has 0 atom stereocenters. The van der Waals surface area contributed by atoms with E-state index in [4.69, 9.17) is 13.9 Å². The molecular weight excluding hydrogens is 396 g/mol. The highest BCUT2D eigenvalue weighted by Crippen LogP contribution is 2.32. The van der Waals surface area contributed by atoms with Crippen LogP contribution >= 0.6 is 0 Å². The number of nitrogens with one attached hydrogen (secondary N) is 1. The molecule has 162 valence electrons. The topological polar surface area (TPSA) is 81.0 Å². The molecule has 2 aromatic carbocycles. The van der Waals surface area contributed by atoms with Crippen molar-refractivity contribution in [3.05, 3.63) is 59.4 Å². The molecule has 7 heteroatoms. The van der Waals surface area contributed by atoms with Crippen molar-refractivity contribution in [1.82, 2.24) is 4.90 Å². The molecule has 0 aliphatic carbocycles. The number of carbonyl (C=O) groups excluding carboxylic acids is 2. The third-order valence-electron chi connectivity index (χ3n) is 5.43. The predicted octanol–water partition coefficient (Wildman–Crippen LogP) is 3.93. The maximum Gasteiger partial charge on any atom is 0.291 e. The van der Waals surface area contributed by atoms with Gasteiger partial charge in [0.1, 0.15) is 17.0 Å². The van der Waals surface area contributed by atoms with Gasteiger partial charge in [-0.05, 0) is 49.2 Å². The van der Waals surface area contributed by atoms with Gasteiger partial charge in [-0.15, -0.1) is 0 Å². The lowest BCUT2D eigenvalue weighted by molar-refractivity contribution is -0.116. The van der Waals surface area contributed by atoms with E-state index in [1.165, 1.54) is 5.56 Å². The van der Waals surface area contributed by atoms with E-state index < -0.39 is 0 Å². The van der Waals surface area contributed by atoms with E-state index in [2.05, 4.69) is 5.32 Å². The summed E-state index contributed by atoms with van der Waals surface area (Å²) in [5.41, 5.74) is 3.29. The SMILES string of the molecule is Cc1ccc(OCCC(=O)Nc2c(C(=O)N3CCOCC3)oc3ccccc23)cc1C. The molecule has 1 fully saturated rings. The largest absolute Gasteiger partial charge is 0.493 e. The molecule has 2 amide bonds. The number of hydrogen-bond donors (Lipinski definition) is 1. The molecule has 1 saturated heterocycles. The van der Waals surface area contributed by atoms with E-state index in [1.807, 2.05) is 50.2 Å². The first kappa shape index (κ1) is 20.9. The Morgan fingerprint density at radius 1 is 1.06 bits per heavy atom. The molecule has 0 radical (unpaired) electrons. The van der Waals surface area contributed by atoms with Crippen molar-refractivity contribution in [2.75, 3.05) is 38.2 Å². The van der Waals surface area contributed by atoms with Crippen LogP contribution < -0.4 is 10.1 Å². The lowest BCUT2D eigenvalue weighted by Crippen LogP contribution is -2.40. The Labute approximate surface area is 180 Å². The third kappa shape index (κ3) is 4.72.